The third kappa shape index (κ3) is 3.46. The zero-order valence-electron chi connectivity index (χ0n) is 11.7. The number of ether oxygens (including phenoxy) is 1. The highest BCUT2D eigenvalue weighted by Gasteiger charge is 2.12. The summed E-state index contributed by atoms with van der Waals surface area (Å²) in [7, 11) is 5.65. The van der Waals surface area contributed by atoms with Crippen LogP contribution in [0.5, 0.6) is 5.88 Å². The third-order valence-corrected chi connectivity index (χ3v) is 4.99. The van der Waals surface area contributed by atoms with Gasteiger partial charge < -0.3 is 15.0 Å². The van der Waals surface area contributed by atoms with Crippen LogP contribution in [0, 0.1) is 6.92 Å². The van der Waals surface area contributed by atoms with Gasteiger partial charge in [-0.3, -0.25) is 0 Å². The Kier molecular flexibility index (Phi) is 4.79. The highest BCUT2D eigenvalue weighted by atomic mass is 32.1. The molecular weight excluding hydrogens is 278 g/mol. The van der Waals surface area contributed by atoms with E-state index in [-0.39, 0.29) is 0 Å². The molecule has 0 aliphatic heterocycles. The van der Waals surface area contributed by atoms with Crippen molar-refractivity contribution in [3.05, 3.63) is 26.8 Å². The van der Waals surface area contributed by atoms with Gasteiger partial charge in [-0.1, -0.05) is 11.3 Å². The summed E-state index contributed by atoms with van der Waals surface area (Å²) in [4.78, 5) is 8.97. The highest BCUT2D eigenvalue weighted by molar-refractivity contribution is 7.15. The molecule has 0 radical (unpaired) electrons. The molecule has 0 aliphatic carbocycles. The van der Waals surface area contributed by atoms with Crippen LogP contribution in [0.1, 0.15) is 15.3 Å². The van der Waals surface area contributed by atoms with Crippen molar-refractivity contribution < 1.29 is 4.74 Å². The number of rotatable bonds is 6. The molecular formula is C13H19N3OS2. The first-order chi connectivity index (χ1) is 9.11. The van der Waals surface area contributed by atoms with Crippen molar-refractivity contribution in [3.63, 3.8) is 0 Å². The summed E-state index contributed by atoms with van der Waals surface area (Å²) >= 11 is 3.45. The van der Waals surface area contributed by atoms with Crippen LogP contribution in [-0.4, -0.2) is 26.2 Å². The van der Waals surface area contributed by atoms with Crippen molar-refractivity contribution in [2.75, 3.05) is 26.1 Å². The van der Waals surface area contributed by atoms with Crippen molar-refractivity contribution in [1.82, 2.24) is 10.3 Å². The maximum absolute atomic E-state index is 5.32. The first kappa shape index (κ1) is 14.3. The van der Waals surface area contributed by atoms with E-state index in [0.717, 1.165) is 29.0 Å². The van der Waals surface area contributed by atoms with E-state index >= 15 is 0 Å². The average molecular weight is 297 g/mol. The molecule has 6 heteroatoms. The summed E-state index contributed by atoms with van der Waals surface area (Å²) in [5.74, 6) is 0.726. The second-order valence-corrected chi connectivity index (χ2v) is 6.52. The fourth-order valence-corrected chi connectivity index (χ4v) is 3.46. The molecule has 4 nitrogen and oxygen atoms in total. The lowest BCUT2D eigenvalue weighted by Crippen LogP contribution is -2.12. The van der Waals surface area contributed by atoms with Gasteiger partial charge in [0, 0.05) is 32.1 Å². The van der Waals surface area contributed by atoms with Gasteiger partial charge in [-0.25, -0.2) is 0 Å². The first-order valence-corrected chi connectivity index (χ1v) is 7.76. The van der Waals surface area contributed by atoms with Crippen molar-refractivity contribution in [3.8, 4) is 5.88 Å². The van der Waals surface area contributed by atoms with E-state index in [1.54, 1.807) is 29.8 Å². The van der Waals surface area contributed by atoms with Crippen molar-refractivity contribution in [2.24, 2.45) is 0 Å². The quantitative estimate of drug-likeness (QED) is 0.889. The summed E-state index contributed by atoms with van der Waals surface area (Å²) in [6.45, 7) is 3.82. The Bertz CT molecular complexity index is 534. The number of hydrogen-bond donors (Lipinski definition) is 1. The van der Waals surface area contributed by atoms with Crippen LogP contribution in [-0.2, 0) is 13.1 Å². The molecule has 2 aromatic heterocycles. The van der Waals surface area contributed by atoms with Crippen LogP contribution in [0.3, 0.4) is 0 Å². The minimum atomic E-state index is 0.726. The number of hydrogen-bond acceptors (Lipinski definition) is 6. The van der Waals surface area contributed by atoms with Crippen LogP contribution in [0.2, 0.25) is 0 Å². The standard InChI is InChI=1S/C13H19N3OS2/c1-9-5-6-18-10(9)7-14-8-11-12(17-4)15-13(19-11)16(2)3/h5-6,14H,7-8H2,1-4H3. The zero-order valence-corrected chi connectivity index (χ0v) is 13.3. The van der Waals surface area contributed by atoms with Gasteiger partial charge in [-0.15, -0.1) is 11.3 Å². The lowest BCUT2D eigenvalue weighted by molar-refractivity contribution is 0.395. The fraction of sp³-hybridized carbons (Fsp3) is 0.462. The number of nitrogens with one attached hydrogen (secondary N) is 1. The molecule has 0 aromatic carbocycles. The Labute approximate surface area is 122 Å². The summed E-state index contributed by atoms with van der Waals surface area (Å²) < 4.78 is 5.32. The number of nitrogens with zero attached hydrogens (tertiary/aromatic N) is 2. The minimum absolute atomic E-state index is 0.726. The number of thiophene rings is 1. The Balaban J connectivity index is 1.97. The molecule has 1 N–H and O–H groups in total. The van der Waals surface area contributed by atoms with Gasteiger partial charge in [0.05, 0.1) is 12.0 Å². The normalized spacial score (nSPS) is 10.7. The van der Waals surface area contributed by atoms with E-state index < -0.39 is 0 Å². The van der Waals surface area contributed by atoms with Crippen molar-refractivity contribution >= 4 is 27.8 Å². The Morgan fingerprint density at radius 1 is 1.32 bits per heavy atom. The van der Waals surface area contributed by atoms with Gasteiger partial charge in [0.25, 0.3) is 0 Å². The SMILES string of the molecule is COc1nc(N(C)C)sc1CNCc1sccc1C. The van der Waals surface area contributed by atoms with Crippen LogP contribution in [0.15, 0.2) is 11.4 Å². The lowest BCUT2D eigenvalue weighted by atomic mass is 10.3. The molecule has 0 aliphatic rings. The first-order valence-electron chi connectivity index (χ1n) is 6.06. The lowest BCUT2D eigenvalue weighted by Gasteiger charge is -2.05. The molecule has 104 valence electrons. The summed E-state index contributed by atoms with van der Waals surface area (Å²) in [6, 6.07) is 2.15. The van der Waals surface area contributed by atoms with Gasteiger partial charge in [0.2, 0.25) is 5.88 Å². The van der Waals surface area contributed by atoms with Gasteiger partial charge in [0.15, 0.2) is 5.13 Å². The topological polar surface area (TPSA) is 37.4 Å². The highest BCUT2D eigenvalue weighted by Crippen LogP contribution is 2.30. The second-order valence-electron chi connectivity index (χ2n) is 4.45. The average Bonchev–Trinajstić information content (AvgIpc) is 2.96. The summed E-state index contributed by atoms with van der Waals surface area (Å²) in [6.07, 6.45) is 0. The molecule has 2 heterocycles. The fourth-order valence-electron chi connectivity index (χ4n) is 1.66. The minimum Gasteiger partial charge on any atom is -0.480 e. The van der Waals surface area contributed by atoms with Gasteiger partial charge in [0.1, 0.15) is 0 Å². The van der Waals surface area contributed by atoms with Gasteiger partial charge in [-0.2, -0.15) is 4.98 Å². The van der Waals surface area contributed by atoms with Crippen LogP contribution >= 0.6 is 22.7 Å². The molecule has 0 unspecified atom stereocenters. The molecule has 0 bridgehead atoms. The molecule has 0 spiro atoms. The van der Waals surface area contributed by atoms with E-state index in [2.05, 4.69) is 28.7 Å². The van der Waals surface area contributed by atoms with Crippen LogP contribution < -0.4 is 15.0 Å². The third-order valence-electron chi connectivity index (χ3n) is 2.77. The van der Waals surface area contributed by atoms with E-state index in [1.165, 1.54) is 10.4 Å². The van der Waals surface area contributed by atoms with E-state index in [4.69, 9.17) is 4.74 Å². The molecule has 2 aromatic rings. The predicted octanol–water partition coefficient (Wildman–Crippen LogP) is 2.88. The Morgan fingerprint density at radius 2 is 2.05 bits per heavy atom. The number of anilines is 1. The monoisotopic (exact) mass is 297 g/mol. The molecule has 0 atom stereocenters. The number of aryl methyl sites for hydroxylation is 1. The second kappa shape index (κ2) is 6.36. The molecule has 0 fully saturated rings. The molecule has 19 heavy (non-hydrogen) atoms. The van der Waals surface area contributed by atoms with Gasteiger partial charge in [-0.05, 0) is 23.9 Å². The summed E-state index contributed by atoms with van der Waals surface area (Å²) in [5, 5.41) is 6.56. The number of thiazole rings is 1. The maximum Gasteiger partial charge on any atom is 0.230 e. The maximum atomic E-state index is 5.32. The van der Waals surface area contributed by atoms with E-state index in [1.807, 2.05) is 19.0 Å². The largest absolute Gasteiger partial charge is 0.480 e. The Morgan fingerprint density at radius 3 is 2.63 bits per heavy atom. The van der Waals surface area contributed by atoms with Crippen molar-refractivity contribution in [1.29, 1.82) is 0 Å². The molecule has 2 rings (SSSR count). The van der Waals surface area contributed by atoms with Crippen molar-refractivity contribution in [2.45, 2.75) is 20.0 Å². The Hall–Kier alpha value is -1.11. The van der Waals surface area contributed by atoms with Crippen LogP contribution in [0.25, 0.3) is 0 Å². The smallest absolute Gasteiger partial charge is 0.230 e. The van der Waals surface area contributed by atoms with E-state index in [9.17, 15) is 0 Å². The zero-order chi connectivity index (χ0) is 13.8. The van der Waals surface area contributed by atoms with Gasteiger partial charge >= 0.3 is 0 Å². The number of methoxy groups -OCH3 is 1. The summed E-state index contributed by atoms with van der Waals surface area (Å²) in [5.41, 5.74) is 1.35. The molecule has 0 saturated carbocycles. The van der Waals surface area contributed by atoms with Crippen LogP contribution in [0.4, 0.5) is 5.13 Å². The number of aromatic nitrogens is 1. The predicted molar refractivity (Wildman–Crippen MR) is 82.6 cm³/mol. The molecule has 0 saturated heterocycles. The molecule has 0 amide bonds. The van der Waals surface area contributed by atoms with E-state index in [0.29, 0.717) is 0 Å².